The van der Waals surface area contributed by atoms with Crippen molar-refractivity contribution < 1.29 is 13.9 Å². The van der Waals surface area contributed by atoms with E-state index in [1.54, 1.807) is 0 Å². The summed E-state index contributed by atoms with van der Waals surface area (Å²) in [4.78, 5) is 23.4. The molecule has 21 heavy (non-hydrogen) atoms. The molecule has 2 rings (SSSR count). The monoisotopic (exact) mass is 292 g/mol. The van der Waals surface area contributed by atoms with Crippen molar-refractivity contribution in [2.45, 2.75) is 6.54 Å². The van der Waals surface area contributed by atoms with Gasteiger partial charge in [0.2, 0.25) is 11.8 Å². The zero-order valence-electron chi connectivity index (χ0n) is 11.2. The number of nitrogen functional groups attached to an aromatic ring is 1. The fourth-order valence-corrected chi connectivity index (χ4v) is 1.63. The van der Waals surface area contributed by atoms with Gasteiger partial charge in [0.15, 0.2) is 0 Å². The summed E-state index contributed by atoms with van der Waals surface area (Å²) in [7, 11) is 1.40. The first-order chi connectivity index (χ1) is 9.99. The Hall–Kier alpha value is -2.90. The molecule has 1 aromatic heterocycles. The number of benzene rings is 1. The molecule has 1 amide bonds. The molecule has 0 unspecified atom stereocenters. The quantitative estimate of drug-likeness (QED) is 0.804. The van der Waals surface area contributed by atoms with Crippen LogP contribution in [0.15, 0.2) is 35.1 Å². The minimum atomic E-state index is -0.517. The molecule has 0 fully saturated rings. The fourth-order valence-electron chi connectivity index (χ4n) is 1.63. The smallest absolute Gasteiger partial charge is 0.267 e. The average Bonchev–Trinajstić information content (AvgIpc) is 2.44. The van der Waals surface area contributed by atoms with Gasteiger partial charge in [-0.25, -0.2) is 9.07 Å². The Morgan fingerprint density at radius 1 is 1.43 bits per heavy atom. The van der Waals surface area contributed by atoms with Crippen molar-refractivity contribution in [1.29, 1.82) is 0 Å². The third-order valence-electron chi connectivity index (χ3n) is 2.63. The van der Waals surface area contributed by atoms with Crippen LogP contribution in [0, 0.1) is 5.82 Å². The van der Waals surface area contributed by atoms with Crippen LogP contribution in [0.2, 0.25) is 0 Å². The van der Waals surface area contributed by atoms with E-state index >= 15 is 0 Å². The number of nitrogens with zero attached hydrogens (tertiary/aromatic N) is 2. The highest BCUT2D eigenvalue weighted by molar-refractivity contribution is 5.93. The number of aromatic nitrogens is 2. The third kappa shape index (κ3) is 3.56. The van der Waals surface area contributed by atoms with Crippen molar-refractivity contribution in [1.82, 2.24) is 9.78 Å². The number of nitrogens with two attached hydrogens (primary N) is 1. The molecule has 0 saturated heterocycles. The van der Waals surface area contributed by atoms with E-state index in [1.807, 2.05) is 0 Å². The zero-order valence-corrected chi connectivity index (χ0v) is 11.2. The van der Waals surface area contributed by atoms with E-state index in [0.717, 1.165) is 10.7 Å². The predicted octanol–water partition coefficient (Wildman–Crippen LogP) is 0.612. The lowest BCUT2D eigenvalue weighted by atomic mass is 10.2. The molecule has 1 heterocycles. The summed E-state index contributed by atoms with van der Waals surface area (Å²) in [6, 6.07) is 6.23. The Bertz CT molecular complexity index is 730. The lowest BCUT2D eigenvalue weighted by Crippen LogP contribution is -2.29. The van der Waals surface area contributed by atoms with Crippen molar-refractivity contribution >= 4 is 17.3 Å². The first-order valence-electron chi connectivity index (χ1n) is 5.96. The Kier molecular flexibility index (Phi) is 4.17. The van der Waals surface area contributed by atoms with E-state index in [0.29, 0.717) is 0 Å². The molecule has 0 atom stereocenters. The first-order valence-corrected chi connectivity index (χ1v) is 5.96. The molecular formula is C13H13FN4O3. The molecule has 7 nitrogen and oxygen atoms in total. The number of halogens is 1. The van der Waals surface area contributed by atoms with Gasteiger partial charge >= 0.3 is 0 Å². The van der Waals surface area contributed by atoms with Crippen molar-refractivity contribution in [3.8, 4) is 5.88 Å². The van der Waals surface area contributed by atoms with Crippen LogP contribution in [0.25, 0.3) is 0 Å². The molecule has 0 aliphatic rings. The number of carbonyl (C=O) groups is 1. The van der Waals surface area contributed by atoms with Gasteiger partial charge in [-0.15, -0.1) is 5.10 Å². The van der Waals surface area contributed by atoms with Crippen LogP contribution in [-0.4, -0.2) is 22.8 Å². The Morgan fingerprint density at radius 2 is 2.19 bits per heavy atom. The van der Waals surface area contributed by atoms with Gasteiger partial charge in [-0.3, -0.25) is 9.59 Å². The molecule has 0 aliphatic carbocycles. The Morgan fingerprint density at radius 3 is 2.86 bits per heavy atom. The summed E-state index contributed by atoms with van der Waals surface area (Å²) >= 11 is 0. The molecule has 0 radical (unpaired) electrons. The number of ether oxygens (including phenoxy) is 1. The van der Waals surface area contributed by atoms with Crippen LogP contribution in [0.3, 0.4) is 0 Å². The van der Waals surface area contributed by atoms with Gasteiger partial charge in [-0.2, -0.15) is 0 Å². The van der Waals surface area contributed by atoms with Gasteiger partial charge < -0.3 is 15.8 Å². The summed E-state index contributed by atoms with van der Waals surface area (Å²) in [6.07, 6.45) is 0. The standard InChI is InChI=1S/C13H13FN4O3/c1-21-12-4-5-13(20)18(17-12)7-11(19)16-10-3-2-8(14)6-9(10)15/h2-6H,7,15H2,1H3,(H,16,19). The fraction of sp³-hybridized carbons (Fsp3) is 0.154. The molecule has 0 aliphatic heterocycles. The second-order valence-electron chi connectivity index (χ2n) is 4.15. The van der Waals surface area contributed by atoms with E-state index in [-0.39, 0.29) is 23.8 Å². The minimum Gasteiger partial charge on any atom is -0.480 e. The van der Waals surface area contributed by atoms with Gasteiger partial charge in [-0.1, -0.05) is 0 Å². The van der Waals surface area contributed by atoms with Crippen LogP contribution >= 0.6 is 0 Å². The van der Waals surface area contributed by atoms with Gasteiger partial charge in [0.05, 0.1) is 18.5 Å². The maximum absolute atomic E-state index is 12.9. The van der Waals surface area contributed by atoms with Crippen molar-refractivity contribution in [3.05, 3.63) is 46.5 Å². The van der Waals surface area contributed by atoms with Crippen LogP contribution < -0.4 is 21.3 Å². The van der Waals surface area contributed by atoms with Crippen molar-refractivity contribution in [2.24, 2.45) is 0 Å². The van der Waals surface area contributed by atoms with E-state index in [2.05, 4.69) is 10.4 Å². The van der Waals surface area contributed by atoms with Gasteiger partial charge in [-0.05, 0) is 18.2 Å². The highest BCUT2D eigenvalue weighted by Gasteiger charge is 2.09. The molecule has 8 heteroatoms. The molecular weight excluding hydrogens is 279 g/mol. The maximum atomic E-state index is 12.9. The van der Waals surface area contributed by atoms with Crippen molar-refractivity contribution in [3.63, 3.8) is 0 Å². The summed E-state index contributed by atoms with van der Waals surface area (Å²) in [6.45, 7) is -0.313. The number of carbonyl (C=O) groups excluding carboxylic acids is 1. The zero-order chi connectivity index (χ0) is 15.4. The number of anilines is 2. The molecule has 0 spiro atoms. The number of hydrogen-bond acceptors (Lipinski definition) is 5. The van der Waals surface area contributed by atoms with Gasteiger partial charge in [0.1, 0.15) is 12.4 Å². The lowest BCUT2D eigenvalue weighted by Gasteiger charge is -2.09. The van der Waals surface area contributed by atoms with E-state index in [1.165, 1.54) is 31.4 Å². The maximum Gasteiger partial charge on any atom is 0.267 e. The predicted molar refractivity (Wildman–Crippen MR) is 74.5 cm³/mol. The molecule has 110 valence electrons. The second-order valence-corrected chi connectivity index (χ2v) is 4.15. The molecule has 0 saturated carbocycles. The van der Waals surface area contributed by atoms with Crippen LogP contribution in [0.4, 0.5) is 15.8 Å². The highest BCUT2D eigenvalue weighted by atomic mass is 19.1. The molecule has 0 bridgehead atoms. The number of methoxy groups -OCH3 is 1. The molecule has 3 N–H and O–H groups in total. The van der Waals surface area contributed by atoms with Gasteiger partial charge in [0.25, 0.3) is 5.56 Å². The van der Waals surface area contributed by atoms with Crippen LogP contribution in [-0.2, 0) is 11.3 Å². The summed E-state index contributed by atoms with van der Waals surface area (Å²) in [5.41, 5.74) is 5.49. The van der Waals surface area contributed by atoms with Crippen LogP contribution in [0.5, 0.6) is 5.88 Å². The SMILES string of the molecule is COc1ccc(=O)n(CC(=O)Nc2ccc(F)cc2N)n1. The molecule has 2 aromatic rings. The number of rotatable bonds is 4. The topological polar surface area (TPSA) is 99.2 Å². The third-order valence-corrected chi connectivity index (χ3v) is 2.63. The van der Waals surface area contributed by atoms with E-state index in [4.69, 9.17) is 10.5 Å². The van der Waals surface area contributed by atoms with Gasteiger partial charge in [0, 0.05) is 12.1 Å². The Balaban J connectivity index is 2.13. The average molecular weight is 292 g/mol. The molecule has 1 aromatic carbocycles. The summed E-state index contributed by atoms with van der Waals surface area (Å²) in [5, 5.41) is 6.32. The van der Waals surface area contributed by atoms with E-state index < -0.39 is 17.3 Å². The number of amides is 1. The van der Waals surface area contributed by atoms with Crippen molar-refractivity contribution in [2.75, 3.05) is 18.2 Å². The highest BCUT2D eigenvalue weighted by Crippen LogP contribution is 2.18. The normalized spacial score (nSPS) is 10.2. The van der Waals surface area contributed by atoms with E-state index in [9.17, 15) is 14.0 Å². The largest absolute Gasteiger partial charge is 0.480 e. The Labute approximate surface area is 119 Å². The summed E-state index contributed by atoms with van der Waals surface area (Å²) in [5.74, 6) is -0.809. The second kappa shape index (κ2) is 6.04. The van der Waals surface area contributed by atoms with Crippen LogP contribution in [0.1, 0.15) is 0 Å². The number of hydrogen-bond donors (Lipinski definition) is 2. The summed E-state index contributed by atoms with van der Waals surface area (Å²) < 4.78 is 18.7. The first kappa shape index (κ1) is 14.5. The minimum absolute atomic E-state index is 0.0919. The number of nitrogens with one attached hydrogen (secondary N) is 1. The lowest BCUT2D eigenvalue weighted by molar-refractivity contribution is -0.117.